The zero-order valence-corrected chi connectivity index (χ0v) is 15.5. The Morgan fingerprint density at radius 2 is 1.67 bits per heavy atom. The van der Waals surface area contributed by atoms with Crippen LogP contribution in [0.15, 0.2) is 24.3 Å². The van der Waals surface area contributed by atoms with Gasteiger partial charge in [0.05, 0.1) is 11.8 Å². The molecule has 9 heteroatoms. The molecule has 1 aromatic rings. The third kappa shape index (κ3) is 4.60. The quantitative estimate of drug-likeness (QED) is 0.411. The average Bonchev–Trinajstić information content (AvgIpc) is 2.91. The minimum atomic E-state index is -0.395. The molecule has 0 bridgehead atoms. The Morgan fingerprint density at radius 3 is 2.26 bits per heavy atom. The molecular weight excluding hydrogens is 371 g/mol. The summed E-state index contributed by atoms with van der Waals surface area (Å²) in [7, 11) is 0. The van der Waals surface area contributed by atoms with Crippen LogP contribution in [0.3, 0.4) is 0 Å². The molecule has 1 aromatic carbocycles. The van der Waals surface area contributed by atoms with Crippen molar-refractivity contribution in [1.82, 2.24) is 15.8 Å². The number of hydrazine groups is 1. The van der Waals surface area contributed by atoms with Crippen molar-refractivity contribution in [3.05, 3.63) is 30.1 Å². The number of amides is 3. The molecule has 1 aliphatic carbocycles. The van der Waals surface area contributed by atoms with Crippen LogP contribution in [0.1, 0.15) is 32.1 Å². The maximum absolute atomic E-state index is 12.9. The second-order valence-electron chi connectivity index (χ2n) is 6.71. The average molecular weight is 392 g/mol. The van der Waals surface area contributed by atoms with Crippen LogP contribution in [0.2, 0.25) is 0 Å². The van der Waals surface area contributed by atoms with Crippen LogP contribution in [0, 0.1) is 17.7 Å². The van der Waals surface area contributed by atoms with Crippen molar-refractivity contribution in [2.24, 2.45) is 11.8 Å². The van der Waals surface area contributed by atoms with Gasteiger partial charge in [0.1, 0.15) is 5.82 Å². The molecule has 27 heavy (non-hydrogen) atoms. The van der Waals surface area contributed by atoms with Gasteiger partial charge in [-0.3, -0.25) is 30.1 Å². The zero-order valence-electron chi connectivity index (χ0n) is 14.7. The first-order valence-corrected chi connectivity index (χ1v) is 9.33. The first-order valence-electron chi connectivity index (χ1n) is 8.92. The lowest BCUT2D eigenvalue weighted by Crippen LogP contribution is -2.45. The van der Waals surface area contributed by atoms with Gasteiger partial charge in [0.25, 0.3) is 0 Å². The van der Waals surface area contributed by atoms with Crippen molar-refractivity contribution in [2.75, 3.05) is 11.9 Å². The Morgan fingerprint density at radius 1 is 1.07 bits per heavy atom. The molecule has 2 fully saturated rings. The fraction of sp³-hybridized carbons (Fsp3) is 0.444. The van der Waals surface area contributed by atoms with E-state index in [1.54, 1.807) is 0 Å². The summed E-state index contributed by atoms with van der Waals surface area (Å²) >= 11 is 5.04. The molecule has 7 nitrogen and oxygen atoms in total. The normalized spacial score (nSPS) is 21.6. The fourth-order valence-electron chi connectivity index (χ4n) is 3.55. The Kier molecular flexibility index (Phi) is 6.00. The topological polar surface area (TPSA) is 90.5 Å². The van der Waals surface area contributed by atoms with Crippen LogP contribution in [0.4, 0.5) is 10.1 Å². The van der Waals surface area contributed by atoms with Gasteiger partial charge in [-0.15, -0.1) is 0 Å². The number of rotatable bonds is 4. The zero-order chi connectivity index (χ0) is 19.4. The molecule has 1 heterocycles. The number of anilines is 1. The maximum atomic E-state index is 12.9. The van der Waals surface area contributed by atoms with Crippen LogP contribution in [-0.2, 0) is 14.4 Å². The molecule has 2 aliphatic rings. The molecule has 3 N–H and O–H groups in total. The van der Waals surface area contributed by atoms with Gasteiger partial charge in [0, 0.05) is 18.7 Å². The van der Waals surface area contributed by atoms with Crippen LogP contribution in [0.25, 0.3) is 0 Å². The van der Waals surface area contributed by atoms with Gasteiger partial charge in [-0.25, -0.2) is 4.39 Å². The smallest absolute Gasteiger partial charge is 0.240 e. The third-order valence-electron chi connectivity index (χ3n) is 4.91. The fourth-order valence-corrected chi connectivity index (χ4v) is 3.72. The second-order valence-corrected chi connectivity index (χ2v) is 7.12. The number of hydrogen-bond donors (Lipinski definition) is 3. The number of fused-ring (bicyclic) bond motifs is 1. The summed E-state index contributed by atoms with van der Waals surface area (Å²) in [4.78, 5) is 37.9. The number of nitrogens with one attached hydrogen (secondary N) is 3. The van der Waals surface area contributed by atoms with Crippen LogP contribution in [-0.4, -0.2) is 34.3 Å². The number of carbonyl (C=O) groups excluding carboxylic acids is 3. The second kappa shape index (κ2) is 8.43. The molecule has 1 saturated heterocycles. The van der Waals surface area contributed by atoms with E-state index in [2.05, 4.69) is 16.2 Å². The summed E-state index contributed by atoms with van der Waals surface area (Å²) < 4.78 is 12.9. The van der Waals surface area contributed by atoms with E-state index in [0.717, 1.165) is 25.7 Å². The number of thiocarbonyl (C=S) groups is 1. The minimum Gasteiger partial charge on any atom is -0.331 e. The standard InChI is InChI=1S/C18H21FN4O3S/c19-11-5-7-12(8-6-11)20-18(27)22-21-15(24)9-10-23-16(25)13-3-1-2-4-14(13)17(23)26/h5-8,13-14H,1-4,9-10H2,(H,21,24)(H2,20,22,27)/t13-,14-/m1/s1. The van der Waals surface area contributed by atoms with Crippen molar-refractivity contribution in [3.63, 3.8) is 0 Å². The largest absolute Gasteiger partial charge is 0.331 e. The van der Waals surface area contributed by atoms with Gasteiger partial charge in [-0.2, -0.15) is 0 Å². The van der Waals surface area contributed by atoms with Crippen molar-refractivity contribution >= 4 is 40.7 Å². The minimum absolute atomic E-state index is 0.0108. The molecule has 0 spiro atoms. The van der Waals surface area contributed by atoms with Crippen molar-refractivity contribution in [3.8, 4) is 0 Å². The Balaban J connectivity index is 1.42. The molecule has 144 valence electrons. The highest BCUT2D eigenvalue weighted by Crippen LogP contribution is 2.37. The lowest BCUT2D eigenvalue weighted by molar-refractivity contribution is -0.140. The van der Waals surface area contributed by atoms with Gasteiger partial charge in [0.2, 0.25) is 17.7 Å². The highest BCUT2D eigenvalue weighted by molar-refractivity contribution is 7.80. The van der Waals surface area contributed by atoms with Gasteiger partial charge >= 0.3 is 0 Å². The third-order valence-corrected chi connectivity index (χ3v) is 5.12. The maximum Gasteiger partial charge on any atom is 0.240 e. The number of nitrogens with zero attached hydrogens (tertiary/aromatic N) is 1. The van der Waals surface area contributed by atoms with Gasteiger partial charge in [-0.1, -0.05) is 12.8 Å². The van der Waals surface area contributed by atoms with E-state index < -0.39 is 5.91 Å². The Bertz CT molecular complexity index is 731. The van der Waals surface area contributed by atoms with Crippen LogP contribution >= 0.6 is 12.2 Å². The summed E-state index contributed by atoms with van der Waals surface area (Å²) in [6.45, 7) is 0.0658. The highest BCUT2D eigenvalue weighted by Gasteiger charge is 2.47. The molecular formula is C18H21FN4O3S. The summed E-state index contributed by atoms with van der Waals surface area (Å²) in [5.74, 6) is -1.48. The monoisotopic (exact) mass is 392 g/mol. The van der Waals surface area contributed by atoms with Gasteiger partial charge in [0.15, 0.2) is 5.11 Å². The first-order chi connectivity index (χ1) is 13.0. The lowest BCUT2D eigenvalue weighted by atomic mass is 9.81. The van der Waals surface area contributed by atoms with Gasteiger partial charge < -0.3 is 5.32 Å². The van der Waals surface area contributed by atoms with Crippen LogP contribution < -0.4 is 16.2 Å². The molecule has 2 atom stereocenters. The summed E-state index contributed by atoms with van der Waals surface area (Å²) in [5.41, 5.74) is 5.51. The lowest BCUT2D eigenvalue weighted by Gasteiger charge is -2.19. The van der Waals surface area contributed by atoms with E-state index in [0.29, 0.717) is 5.69 Å². The number of hydrogen-bond acceptors (Lipinski definition) is 4. The Hall–Kier alpha value is -2.55. The first kappa shape index (κ1) is 19.2. The number of halogens is 1. The molecule has 0 radical (unpaired) electrons. The summed E-state index contributed by atoms with van der Waals surface area (Å²) in [6.07, 6.45) is 3.43. The van der Waals surface area contributed by atoms with E-state index in [1.165, 1.54) is 29.2 Å². The predicted molar refractivity (Wildman–Crippen MR) is 101 cm³/mol. The van der Waals surface area contributed by atoms with E-state index >= 15 is 0 Å². The predicted octanol–water partition coefficient (Wildman–Crippen LogP) is 1.71. The Labute approximate surface area is 161 Å². The van der Waals surface area contributed by atoms with Crippen molar-refractivity contribution < 1.29 is 18.8 Å². The SMILES string of the molecule is O=C(CCN1C(=O)[C@@H]2CCCC[C@H]2C1=O)NNC(=S)Nc1ccc(F)cc1. The number of likely N-dealkylation sites (tertiary alicyclic amines) is 1. The molecule has 3 amide bonds. The van der Waals surface area contributed by atoms with E-state index in [-0.39, 0.29) is 47.5 Å². The van der Waals surface area contributed by atoms with Crippen molar-refractivity contribution in [1.29, 1.82) is 0 Å². The number of imide groups is 1. The van der Waals surface area contributed by atoms with Crippen molar-refractivity contribution in [2.45, 2.75) is 32.1 Å². The van der Waals surface area contributed by atoms with E-state index in [9.17, 15) is 18.8 Å². The van der Waals surface area contributed by atoms with Gasteiger partial charge in [-0.05, 0) is 49.3 Å². The summed E-state index contributed by atoms with van der Waals surface area (Å²) in [6, 6.07) is 5.58. The molecule has 3 rings (SSSR count). The van der Waals surface area contributed by atoms with E-state index in [4.69, 9.17) is 12.2 Å². The molecule has 0 unspecified atom stereocenters. The number of benzene rings is 1. The van der Waals surface area contributed by atoms with E-state index in [1.807, 2.05) is 0 Å². The molecule has 0 aromatic heterocycles. The van der Waals surface area contributed by atoms with Crippen LogP contribution in [0.5, 0.6) is 0 Å². The number of carbonyl (C=O) groups is 3. The molecule has 1 saturated carbocycles. The highest BCUT2D eigenvalue weighted by atomic mass is 32.1. The molecule has 1 aliphatic heterocycles. The summed E-state index contributed by atoms with van der Waals surface area (Å²) in [5, 5.41) is 2.92.